The molecule has 106 valence electrons. The third kappa shape index (κ3) is 2.57. The minimum atomic E-state index is -0.379. The monoisotopic (exact) mass is 276 g/mol. The fourth-order valence-corrected chi connectivity index (χ4v) is 2.16. The number of aromatic nitrogens is 2. The number of benzene rings is 1. The Labute approximate surface area is 117 Å². The van der Waals surface area contributed by atoms with Crippen LogP contribution in [-0.2, 0) is 11.2 Å². The Morgan fingerprint density at radius 3 is 2.75 bits per heavy atom. The summed E-state index contributed by atoms with van der Waals surface area (Å²) < 4.78 is 19.9. The van der Waals surface area contributed by atoms with Gasteiger partial charge in [0.15, 0.2) is 0 Å². The molecule has 0 aliphatic heterocycles. The Kier molecular flexibility index (Phi) is 4.17. The third-order valence-electron chi connectivity index (χ3n) is 3.09. The van der Waals surface area contributed by atoms with Crippen LogP contribution in [-0.4, -0.2) is 22.4 Å². The highest BCUT2D eigenvalue weighted by Gasteiger charge is 2.18. The quantitative estimate of drug-likeness (QED) is 0.806. The number of nitrogens with zero attached hydrogens (tertiary/aromatic N) is 2. The molecule has 1 heterocycles. The van der Waals surface area contributed by atoms with Crippen molar-refractivity contribution in [1.29, 1.82) is 0 Å². The number of carbonyl (C=O) groups excluding carboxylic acids is 1. The molecule has 5 heteroatoms. The van der Waals surface area contributed by atoms with Crippen molar-refractivity contribution in [2.75, 3.05) is 6.61 Å². The first-order chi connectivity index (χ1) is 9.58. The molecule has 1 aromatic carbocycles. The molecule has 0 radical (unpaired) electrons. The number of carbonyl (C=O) groups is 1. The van der Waals surface area contributed by atoms with Crippen LogP contribution in [0.25, 0.3) is 5.69 Å². The standard InChI is InChI=1S/C15H17FN2O2/c1-4-13-12(15(19)20-5-2)9-17-18(13)14-7-6-11(16)8-10(14)3/h6-9H,4-5H2,1-3H3. The largest absolute Gasteiger partial charge is 0.462 e. The molecule has 2 aromatic rings. The highest BCUT2D eigenvalue weighted by Crippen LogP contribution is 2.20. The van der Waals surface area contributed by atoms with E-state index in [4.69, 9.17) is 4.74 Å². The van der Waals surface area contributed by atoms with E-state index in [-0.39, 0.29) is 11.8 Å². The van der Waals surface area contributed by atoms with Crippen LogP contribution in [0.4, 0.5) is 4.39 Å². The van der Waals surface area contributed by atoms with Crippen molar-refractivity contribution in [1.82, 2.24) is 9.78 Å². The van der Waals surface area contributed by atoms with Gasteiger partial charge < -0.3 is 4.74 Å². The molecule has 0 saturated heterocycles. The van der Waals surface area contributed by atoms with Gasteiger partial charge in [-0.05, 0) is 44.0 Å². The van der Waals surface area contributed by atoms with Gasteiger partial charge >= 0.3 is 5.97 Å². The summed E-state index contributed by atoms with van der Waals surface area (Å²) in [5, 5.41) is 4.24. The van der Waals surface area contributed by atoms with E-state index in [0.29, 0.717) is 18.6 Å². The van der Waals surface area contributed by atoms with E-state index in [9.17, 15) is 9.18 Å². The molecule has 0 unspecified atom stereocenters. The van der Waals surface area contributed by atoms with Crippen molar-refractivity contribution in [3.8, 4) is 5.69 Å². The third-order valence-corrected chi connectivity index (χ3v) is 3.09. The molecular weight excluding hydrogens is 259 g/mol. The van der Waals surface area contributed by atoms with Crippen LogP contribution in [0.1, 0.15) is 35.5 Å². The van der Waals surface area contributed by atoms with Crippen molar-refractivity contribution in [2.24, 2.45) is 0 Å². The lowest BCUT2D eigenvalue weighted by Crippen LogP contribution is -2.09. The Hall–Kier alpha value is -2.17. The summed E-state index contributed by atoms with van der Waals surface area (Å²) in [6.45, 7) is 5.83. The molecule has 0 atom stereocenters. The lowest BCUT2D eigenvalue weighted by molar-refractivity contribution is 0.0525. The van der Waals surface area contributed by atoms with Gasteiger partial charge in [-0.1, -0.05) is 6.92 Å². The lowest BCUT2D eigenvalue weighted by Gasteiger charge is -2.10. The molecule has 0 aliphatic rings. The second-order valence-corrected chi connectivity index (χ2v) is 4.42. The van der Waals surface area contributed by atoms with E-state index in [0.717, 1.165) is 16.9 Å². The van der Waals surface area contributed by atoms with Crippen LogP contribution in [0.3, 0.4) is 0 Å². The number of ether oxygens (including phenoxy) is 1. The molecule has 4 nitrogen and oxygen atoms in total. The topological polar surface area (TPSA) is 44.1 Å². The van der Waals surface area contributed by atoms with Crippen LogP contribution in [0, 0.1) is 12.7 Å². The second kappa shape index (κ2) is 5.86. The van der Waals surface area contributed by atoms with E-state index >= 15 is 0 Å². The number of rotatable bonds is 4. The molecule has 0 N–H and O–H groups in total. The fraction of sp³-hybridized carbons (Fsp3) is 0.333. The average Bonchev–Trinajstić information content (AvgIpc) is 2.82. The van der Waals surface area contributed by atoms with Gasteiger partial charge in [-0.2, -0.15) is 5.10 Å². The normalized spacial score (nSPS) is 10.6. The summed E-state index contributed by atoms with van der Waals surface area (Å²) in [4.78, 5) is 11.9. The molecule has 20 heavy (non-hydrogen) atoms. The zero-order valence-electron chi connectivity index (χ0n) is 11.8. The van der Waals surface area contributed by atoms with Crippen LogP contribution >= 0.6 is 0 Å². The summed E-state index contributed by atoms with van der Waals surface area (Å²) in [6, 6.07) is 4.49. The molecule has 0 saturated carbocycles. The first kappa shape index (κ1) is 14.2. The minimum Gasteiger partial charge on any atom is -0.462 e. The van der Waals surface area contributed by atoms with Gasteiger partial charge in [0.25, 0.3) is 0 Å². The number of esters is 1. The molecule has 1 aromatic heterocycles. The first-order valence-electron chi connectivity index (χ1n) is 6.59. The molecule has 0 fully saturated rings. The zero-order chi connectivity index (χ0) is 14.7. The van der Waals surface area contributed by atoms with Crippen molar-refractivity contribution in [2.45, 2.75) is 27.2 Å². The number of halogens is 1. The Morgan fingerprint density at radius 2 is 2.15 bits per heavy atom. The molecular formula is C15H17FN2O2. The van der Waals surface area contributed by atoms with E-state index in [1.807, 2.05) is 13.8 Å². The number of aryl methyl sites for hydroxylation is 1. The summed E-state index contributed by atoms with van der Waals surface area (Å²) in [6.07, 6.45) is 2.13. The maximum absolute atomic E-state index is 13.2. The van der Waals surface area contributed by atoms with E-state index in [1.165, 1.54) is 18.3 Å². The first-order valence-corrected chi connectivity index (χ1v) is 6.59. The fourth-order valence-electron chi connectivity index (χ4n) is 2.16. The maximum atomic E-state index is 13.2. The molecule has 0 bridgehead atoms. The minimum absolute atomic E-state index is 0.290. The molecule has 0 spiro atoms. The lowest BCUT2D eigenvalue weighted by atomic mass is 10.1. The Balaban J connectivity index is 2.50. The van der Waals surface area contributed by atoms with Gasteiger partial charge in [0, 0.05) is 0 Å². The molecule has 0 amide bonds. The predicted octanol–water partition coefficient (Wildman–Crippen LogP) is 3.06. The number of hydrogen-bond acceptors (Lipinski definition) is 3. The summed E-state index contributed by atoms with van der Waals surface area (Å²) in [7, 11) is 0. The molecule has 2 rings (SSSR count). The summed E-state index contributed by atoms with van der Waals surface area (Å²) in [5.74, 6) is -0.669. The van der Waals surface area contributed by atoms with Crippen LogP contribution in [0.15, 0.2) is 24.4 Å². The zero-order valence-corrected chi connectivity index (χ0v) is 11.8. The smallest absolute Gasteiger partial charge is 0.341 e. The average molecular weight is 276 g/mol. The van der Waals surface area contributed by atoms with Gasteiger partial charge in [-0.15, -0.1) is 0 Å². The van der Waals surface area contributed by atoms with Gasteiger partial charge in [0.05, 0.1) is 24.2 Å². The van der Waals surface area contributed by atoms with Crippen molar-refractivity contribution < 1.29 is 13.9 Å². The van der Waals surface area contributed by atoms with Crippen LogP contribution in [0.5, 0.6) is 0 Å². The second-order valence-electron chi connectivity index (χ2n) is 4.42. The Bertz CT molecular complexity index is 635. The van der Waals surface area contributed by atoms with Gasteiger partial charge in [-0.25, -0.2) is 13.9 Å². The van der Waals surface area contributed by atoms with Crippen LogP contribution < -0.4 is 0 Å². The number of hydrogen-bond donors (Lipinski definition) is 0. The van der Waals surface area contributed by atoms with Gasteiger partial charge in [-0.3, -0.25) is 0 Å². The van der Waals surface area contributed by atoms with Gasteiger partial charge in [0.2, 0.25) is 0 Å². The highest BCUT2D eigenvalue weighted by molar-refractivity contribution is 5.90. The van der Waals surface area contributed by atoms with E-state index in [2.05, 4.69) is 5.10 Å². The van der Waals surface area contributed by atoms with Crippen molar-refractivity contribution in [3.63, 3.8) is 0 Å². The van der Waals surface area contributed by atoms with Crippen molar-refractivity contribution in [3.05, 3.63) is 47.0 Å². The van der Waals surface area contributed by atoms with Crippen molar-refractivity contribution >= 4 is 5.97 Å². The Morgan fingerprint density at radius 1 is 1.40 bits per heavy atom. The van der Waals surface area contributed by atoms with E-state index in [1.54, 1.807) is 17.7 Å². The maximum Gasteiger partial charge on any atom is 0.341 e. The molecule has 0 aliphatic carbocycles. The predicted molar refractivity (Wildman–Crippen MR) is 73.6 cm³/mol. The summed E-state index contributed by atoms with van der Waals surface area (Å²) in [5.41, 5.74) is 2.74. The summed E-state index contributed by atoms with van der Waals surface area (Å²) >= 11 is 0. The van der Waals surface area contributed by atoms with E-state index < -0.39 is 0 Å². The van der Waals surface area contributed by atoms with Crippen LogP contribution in [0.2, 0.25) is 0 Å². The SMILES string of the molecule is CCOC(=O)c1cnn(-c2ccc(F)cc2C)c1CC. The van der Waals surface area contributed by atoms with Gasteiger partial charge in [0.1, 0.15) is 11.4 Å². The highest BCUT2D eigenvalue weighted by atomic mass is 19.1.